The Morgan fingerprint density at radius 3 is 2.71 bits per heavy atom. The molecule has 0 spiro atoms. The minimum absolute atomic E-state index is 0.305. The van der Waals surface area contributed by atoms with Crippen molar-refractivity contribution in [2.24, 2.45) is 5.92 Å². The van der Waals surface area contributed by atoms with E-state index in [1.807, 2.05) is 18.2 Å². The number of hydrogen-bond donors (Lipinski definition) is 1. The topological polar surface area (TPSA) is 23.5 Å². The number of benzene rings is 2. The van der Waals surface area contributed by atoms with Crippen LogP contribution in [-0.4, -0.2) is 23.1 Å². The molecular formula is C20H23F2NO. The number of phenols is 1. The smallest absolute Gasteiger partial charge is 0.159 e. The molecule has 0 bridgehead atoms. The SMILES string of the molecule is Oc1cccc(CN2CCC[C@H](CCc3ccc(F)c(F)c3)C2)c1. The number of hydrogen-bond acceptors (Lipinski definition) is 2. The Labute approximate surface area is 141 Å². The maximum absolute atomic E-state index is 13.3. The van der Waals surface area contributed by atoms with Gasteiger partial charge in [0.1, 0.15) is 5.75 Å². The molecule has 1 atom stereocenters. The van der Waals surface area contributed by atoms with Gasteiger partial charge in [0.2, 0.25) is 0 Å². The average molecular weight is 331 g/mol. The fraction of sp³-hybridized carbons (Fsp3) is 0.400. The molecule has 1 heterocycles. The Hall–Kier alpha value is -1.94. The first-order valence-electron chi connectivity index (χ1n) is 8.54. The van der Waals surface area contributed by atoms with E-state index < -0.39 is 11.6 Å². The summed E-state index contributed by atoms with van der Waals surface area (Å²) >= 11 is 0. The molecule has 0 radical (unpaired) electrons. The lowest BCUT2D eigenvalue weighted by Crippen LogP contribution is -2.35. The average Bonchev–Trinajstić information content (AvgIpc) is 2.56. The standard InChI is InChI=1S/C20H23F2NO/c21-19-9-8-15(12-20(19)22)6-7-16-4-2-10-23(13-16)14-17-3-1-5-18(24)11-17/h1,3,5,8-9,11-12,16,24H,2,4,6-7,10,13-14H2/t16-/m1/s1. The lowest BCUT2D eigenvalue weighted by molar-refractivity contribution is 0.161. The Bertz CT molecular complexity index is 689. The summed E-state index contributed by atoms with van der Waals surface area (Å²) in [5.74, 6) is -0.668. The van der Waals surface area contributed by atoms with Crippen molar-refractivity contribution >= 4 is 0 Å². The summed E-state index contributed by atoms with van der Waals surface area (Å²) < 4.78 is 26.3. The molecule has 2 aromatic rings. The van der Waals surface area contributed by atoms with E-state index >= 15 is 0 Å². The van der Waals surface area contributed by atoms with Crippen LogP contribution in [0.1, 0.15) is 30.4 Å². The van der Waals surface area contributed by atoms with Gasteiger partial charge in [0.25, 0.3) is 0 Å². The van der Waals surface area contributed by atoms with Crippen LogP contribution in [-0.2, 0) is 13.0 Å². The van der Waals surface area contributed by atoms with Crippen LogP contribution in [0.3, 0.4) is 0 Å². The van der Waals surface area contributed by atoms with E-state index in [2.05, 4.69) is 4.90 Å². The predicted octanol–water partition coefficient (Wildman–Crippen LogP) is 4.52. The second-order valence-electron chi connectivity index (χ2n) is 6.70. The van der Waals surface area contributed by atoms with Gasteiger partial charge in [-0.05, 0) is 73.5 Å². The second-order valence-corrected chi connectivity index (χ2v) is 6.70. The van der Waals surface area contributed by atoms with Crippen LogP contribution in [0.15, 0.2) is 42.5 Å². The molecule has 0 amide bonds. The van der Waals surface area contributed by atoms with Crippen molar-refractivity contribution in [1.82, 2.24) is 4.90 Å². The van der Waals surface area contributed by atoms with Gasteiger partial charge in [0.05, 0.1) is 0 Å². The minimum Gasteiger partial charge on any atom is -0.508 e. The molecule has 1 aliphatic heterocycles. The Morgan fingerprint density at radius 1 is 1.04 bits per heavy atom. The van der Waals surface area contributed by atoms with E-state index in [-0.39, 0.29) is 0 Å². The Balaban J connectivity index is 1.52. The summed E-state index contributed by atoms with van der Waals surface area (Å²) in [7, 11) is 0. The largest absolute Gasteiger partial charge is 0.508 e. The van der Waals surface area contributed by atoms with Gasteiger partial charge >= 0.3 is 0 Å². The fourth-order valence-corrected chi connectivity index (χ4v) is 3.51. The molecule has 0 unspecified atom stereocenters. The summed E-state index contributed by atoms with van der Waals surface area (Å²) in [4.78, 5) is 2.41. The van der Waals surface area contributed by atoms with E-state index in [1.54, 1.807) is 12.1 Å². The number of phenolic OH excluding ortho intramolecular Hbond substituents is 1. The predicted molar refractivity (Wildman–Crippen MR) is 90.8 cm³/mol. The van der Waals surface area contributed by atoms with Crippen LogP contribution in [0.5, 0.6) is 5.75 Å². The molecule has 0 saturated carbocycles. The van der Waals surface area contributed by atoms with E-state index in [0.717, 1.165) is 50.0 Å². The second kappa shape index (κ2) is 7.75. The molecule has 1 fully saturated rings. The number of aryl methyl sites for hydroxylation is 1. The molecule has 3 rings (SSSR count). The zero-order valence-electron chi connectivity index (χ0n) is 13.7. The molecule has 1 aliphatic rings. The van der Waals surface area contributed by atoms with Gasteiger partial charge in [-0.2, -0.15) is 0 Å². The third kappa shape index (κ3) is 4.54. The van der Waals surface area contributed by atoms with Crippen molar-refractivity contribution in [3.8, 4) is 5.75 Å². The highest BCUT2D eigenvalue weighted by Crippen LogP contribution is 2.24. The van der Waals surface area contributed by atoms with Gasteiger partial charge < -0.3 is 5.11 Å². The van der Waals surface area contributed by atoms with Crippen molar-refractivity contribution in [2.45, 2.75) is 32.2 Å². The van der Waals surface area contributed by atoms with Crippen molar-refractivity contribution in [3.63, 3.8) is 0 Å². The summed E-state index contributed by atoms with van der Waals surface area (Å²) in [6.07, 6.45) is 4.10. The number of rotatable bonds is 5. The molecule has 0 aromatic heterocycles. The van der Waals surface area contributed by atoms with Crippen LogP contribution < -0.4 is 0 Å². The molecule has 24 heavy (non-hydrogen) atoms. The van der Waals surface area contributed by atoms with Crippen molar-refractivity contribution < 1.29 is 13.9 Å². The Morgan fingerprint density at radius 2 is 1.92 bits per heavy atom. The van der Waals surface area contributed by atoms with Gasteiger partial charge in [-0.1, -0.05) is 18.2 Å². The third-order valence-corrected chi connectivity index (χ3v) is 4.75. The van der Waals surface area contributed by atoms with Gasteiger partial charge in [0, 0.05) is 13.1 Å². The Kier molecular flexibility index (Phi) is 5.46. The zero-order valence-corrected chi connectivity index (χ0v) is 13.7. The van der Waals surface area contributed by atoms with Crippen LogP contribution in [0.25, 0.3) is 0 Å². The molecule has 4 heteroatoms. The number of aromatic hydroxyl groups is 1. The van der Waals surface area contributed by atoms with Crippen LogP contribution in [0, 0.1) is 17.6 Å². The monoisotopic (exact) mass is 331 g/mol. The quantitative estimate of drug-likeness (QED) is 0.871. The first kappa shape index (κ1) is 16.9. The first-order chi connectivity index (χ1) is 11.6. The summed E-state index contributed by atoms with van der Waals surface area (Å²) in [6.45, 7) is 2.92. The molecule has 0 aliphatic carbocycles. The van der Waals surface area contributed by atoms with E-state index in [9.17, 15) is 13.9 Å². The van der Waals surface area contributed by atoms with Crippen molar-refractivity contribution in [2.75, 3.05) is 13.1 Å². The van der Waals surface area contributed by atoms with Crippen LogP contribution in [0.4, 0.5) is 8.78 Å². The maximum Gasteiger partial charge on any atom is 0.159 e. The molecular weight excluding hydrogens is 308 g/mol. The first-order valence-corrected chi connectivity index (χ1v) is 8.54. The highest BCUT2D eigenvalue weighted by molar-refractivity contribution is 5.27. The fourth-order valence-electron chi connectivity index (χ4n) is 3.51. The van der Waals surface area contributed by atoms with E-state index in [1.165, 1.54) is 18.6 Å². The lowest BCUT2D eigenvalue weighted by atomic mass is 9.91. The van der Waals surface area contributed by atoms with E-state index in [4.69, 9.17) is 0 Å². The van der Waals surface area contributed by atoms with Gasteiger partial charge in [-0.15, -0.1) is 0 Å². The summed E-state index contributed by atoms with van der Waals surface area (Å²) in [5, 5.41) is 9.57. The zero-order chi connectivity index (χ0) is 16.9. The number of likely N-dealkylation sites (tertiary alicyclic amines) is 1. The van der Waals surface area contributed by atoms with E-state index in [0.29, 0.717) is 11.7 Å². The number of piperidine rings is 1. The number of halogens is 2. The van der Waals surface area contributed by atoms with Crippen LogP contribution >= 0.6 is 0 Å². The minimum atomic E-state index is -0.784. The van der Waals surface area contributed by atoms with Gasteiger partial charge in [-0.25, -0.2) is 8.78 Å². The highest BCUT2D eigenvalue weighted by Gasteiger charge is 2.20. The molecule has 1 saturated heterocycles. The molecule has 2 nitrogen and oxygen atoms in total. The molecule has 2 aromatic carbocycles. The maximum atomic E-state index is 13.3. The molecule has 1 N–H and O–H groups in total. The summed E-state index contributed by atoms with van der Waals surface area (Å²) in [5.41, 5.74) is 1.98. The van der Waals surface area contributed by atoms with Gasteiger partial charge in [0.15, 0.2) is 11.6 Å². The third-order valence-electron chi connectivity index (χ3n) is 4.75. The normalized spacial score (nSPS) is 18.7. The van der Waals surface area contributed by atoms with Crippen molar-refractivity contribution in [1.29, 1.82) is 0 Å². The lowest BCUT2D eigenvalue weighted by Gasteiger charge is -2.33. The van der Waals surface area contributed by atoms with Crippen molar-refractivity contribution in [3.05, 3.63) is 65.2 Å². The number of nitrogens with zero attached hydrogens (tertiary/aromatic N) is 1. The molecule has 128 valence electrons. The van der Waals surface area contributed by atoms with Crippen LogP contribution in [0.2, 0.25) is 0 Å². The van der Waals surface area contributed by atoms with Gasteiger partial charge in [-0.3, -0.25) is 4.90 Å². The summed E-state index contributed by atoms with van der Waals surface area (Å²) in [6, 6.07) is 11.6. The highest BCUT2D eigenvalue weighted by atomic mass is 19.2.